The highest BCUT2D eigenvalue weighted by atomic mass is 35.5. The first-order valence-electron chi connectivity index (χ1n) is 7.10. The summed E-state index contributed by atoms with van der Waals surface area (Å²) in [5.74, 6) is -0.237. The lowest BCUT2D eigenvalue weighted by Gasteiger charge is -2.42. The van der Waals surface area contributed by atoms with Crippen molar-refractivity contribution in [2.75, 3.05) is 40.3 Å². The lowest BCUT2D eigenvalue weighted by Crippen LogP contribution is -2.55. The number of benzene rings is 1. The molecule has 2 rings (SSSR count). The molecule has 1 aromatic carbocycles. The van der Waals surface area contributed by atoms with Gasteiger partial charge in [0, 0.05) is 30.7 Å². The average molecular weight is 300 g/mol. The van der Waals surface area contributed by atoms with Crippen LogP contribution in [0.4, 0.5) is 4.39 Å². The van der Waals surface area contributed by atoms with E-state index in [2.05, 4.69) is 36.1 Å². The molecule has 1 aliphatic rings. The van der Waals surface area contributed by atoms with Gasteiger partial charge in [-0.1, -0.05) is 18.5 Å². The summed E-state index contributed by atoms with van der Waals surface area (Å²) >= 11 is 6.29. The molecule has 1 heterocycles. The summed E-state index contributed by atoms with van der Waals surface area (Å²) in [5.41, 5.74) is 0.848. The van der Waals surface area contributed by atoms with Crippen LogP contribution in [0.25, 0.3) is 0 Å². The molecule has 1 aliphatic heterocycles. The third-order valence-corrected chi connectivity index (χ3v) is 4.35. The first kappa shape index (κ1) is 15.7. The smallest absolute Gasteiger partial charge is 0.123 e. The predicted molar refractivity (Wildman–Crippen MR) is 81.7 cm³/mol. The van der Waals surface area contributed by atoms with Crippen LogP contribution in [0.3, 0.4) is 0 Å². The Bertz CT molecular complexity index is 455. The molecule has 1 aromatic rings. The van der Waals surface area contributed by atoms with Gasteiger partial charge in [-0.2, -0.15) is 0 Å². The first-order valence-corrected chi connectivity index (χ1v) is 7.47. The zero-order valence-corrected chi connectivity index (χ0v) is 13.1. The summed E-state index contributed by atoms with van der Waals surface area (Å²) in [5, 5.41) is 4.09. The van der Waals surface area contributed by atoms with Crippen LogP contribution < -0.4 is 5.32 Å². The summed E-state index contributed by atoms with van der Waals surface area (Å²) in [7, 11) is 4.24. The lowest BCUT2D eigenvalue weighted by atomic mass is 9.96. The molecule has 0 saturated carbocycles. The fourth-order valence-electron chi connectivity index (χ4n) is 2.83. The Labute approximate surface area is 125 Å². The van der Waals surface area contributed by atoms with E-state index in [-0.39, 0.29) is 17.9 Å². The van der Waals surface area contributed by atoms with Crippen molar-refractivity contribution in [2.24, 2.45) is 0 Å². The van der Waals surface area contributed by atoms with Gasteiger partial charge in [0.2, 0.25) is 0 Å². The van der Waals surface area contributed by atoms with Crippen LogP contribution in [0.2, 0.25) is 5.02 Å². The molecule has 20 heavy (non-hydrogen) atoms. The summed E-state index contributed by atoms with van der Waals surface area (Å²) in [6.45, 7) is 5.90. The molecule has 2 atom stereocenters. The van der Waals surface area contributed by atoms with Gasteiger partial charge in [-0.25, -0.2) is 4.39 Å². The molecule has 1 N–H and O–H groups in total. The van der Waals surface area contributed by atoms with Crippen LogP contribution in [-0.4, -0.2) is 56.1 Å². The molecule has 1 fully saturated rings. The van der Waals surface area contributed by atoms with Gasteiger partial charge in [-0.3, -0.25) is 4.90 Å². The zero-order chi connectivity index (χ0) is 14.7. The number of piperazine rings is 1. The molecule has 0 aliphatic carbocycles. The standard InChI is InChI=1S/C15H23ClFN3/c1-4-18-15(12-9-11(17)5-6-13(12)16)14-10-19(2)7-8-20(14)3/h5-6,9,14-15,18H,4,7-8,10H2,1-3H3. The predicted octanol–water partition coefficient (Wildman–Crippen LogP) is 2.38. The quantitative estimate of drug-likeness (QED) is 0.921. The van der Waals surface area contributed by atoms with Crippen molar-refractivity contribution in [1.82, 2.24) is 15.1 Å². The Kier molecular flexibility index (Phi) is 5.38. The van der Waals surface area contributed by atoms with Crippen LogP contribution in [0.5, 0.6) is 0 Å². The molecule has 3 nitrogen and oxygen atoms in total. The SMILES string of the molecule is CCNC(c1cc(F)ccc1Cl)C1CN(C)CCN1C. The number of nitrogens with zero attached hydrogens (tertiary/aromatic N) is 2. The minimum absolute atomic E-state index is 0.0379. The van der Waals surface area contributed by atoms with Crippen molar-refractivity contribution >= 4 is 11.6 Å². The molecule has 0 bridgehead atoms. The summed E-state index contributed by atoms with van der Waals surface area (Å²) < 4.78 is 13.6. The van der Waals surface area contributed by atoms with Gasteiger partial charge in [0.1, 0.15) is 5.82 Å². The molecular formula is C15H23ClFN3. The highest BCUT2D eigenvalue weighted by Gasteiger charge is 2.31. The van der Waals surface area contributed by atoms with Crippen LogP contribution in [-0.2, 0) is 0 Å². The van der Waals surface area contributed by atoms with Crippen molar-refractivity contribution in [3.8, 4) is 0 Å². The Hall–Kier alpha value is -0.680. The third-order valence-electron chi connectivity index (χ3n) is 4.00. The van der Waals surface area contributed by atoms with Gasteiger partial charge in [0.15, 0.2) is 0 Å². The van der Waals surface area contributed by atoms with E-state index in [0.29, 0.717) is 5.02 Å². The molecule has 0 aromatic heterocycles. The van der Waals surface area contributed by atoms with Crippen LogP contribution in [0.1, 0.15) is 18.5 Å². The molecule has 0 radical (unpaired) electrons. The second-order valence-corrected chi connectivity index (χ2v) is 5.92. The highest BCUT2D eigenvalue weighted by Crippen LogP contribution is 2.29. The van der Waals surface area contributed by atoms with Gasteiger partial charge in [0.25, 0.3) is 0 Å². The number of likely N-dealkylation sites (N-methyl/N-ethyl adjacent to an activating group) is 3. The minimum Gasteiger partial charge on any atom is -0.309 e. The van der Waals surface area contributed by atoms with Crippen molar-refractivity contribution in [3.63, 3.8) is 0 Å². The first-order chi connectivity index (χ1) is 9.52. The van der Waals surface area contributed by atoms with Gasteiger partial charge in [-0.05, 0) is 44.4 Å². The fraction of sp³-hybridized carbons (Fsp3) is 0.600. The second kappa shape index (κ2) is 6.85. The second-order valence-electron chi connectivity index (χ2n) is 5.51. The Morgan fingerprint density at radius 2 is 2.15 bits per heavy atom. The minimum atomic E-state index is -0.237. The summed E-state index contributed by atoms with van der Waals surface area (Å²) in [6.07, 6.45) is 0. The van der Waals surface area contributed by atoms with E-state index >= 15 is 0 Å². The molecule has 1 saturated heterocycles. The van der Waals surface area contributed by atoms with Crippen molar-refractivity contribution in [3.05, 3.63) is 34.6 Å². The average Bonchev–Trinajstić information content (AvgIpc) is 2.42. The van der Waals surface area contributed by atoms with Crippen molar-refractivity contribution in [2.45, 2.75) is 19.0 Å². The van der Waals surface area contributed by atoms with E-state index in [9.17, 15) is 4.39 Å². The third kappa shape index (κ3) is 3.50. The maximum atomic E-state index is 13.6. The largest absolute Gasteiger partial charge is 0.309 e. The Morgan fingerprint density at radius 3 is 2.85 bits per heavy atom. The molecule has 2 unspecified atom stereocenters. The molecule has 0 amide bonds. The van der Waals surface area contributed by atoms with Gasteiger partial charge < -0.3 is 10.2 Å². The number of hydrogen-bond donors (Lipinski definition) is 1. The maximum Gasteiger partial charge on any atom is 0.123 e. The van der Waals surface area contributed by atoms with Crippen molar-refractivity contribution in [1.29, 1.82) is 0 Å². The van der Waals surface area contributed by atoms with Crippen molar-refractivity contribution < 1.29 is 4.39 Å². The molecular weight excluding hydrogens is 277 g/mol. The Morgan fingerprint density at radius 1 is 1.40 bits per heavy atom. The van der Waals surface area contributed by atoms with Crippen LogP contribution in [0, 0.1) is 5.82 Å². The summed E-state index contributed by atoms with van der Waals surface area (Å²) in [4.78, 5) is 4.64. The molecule has 5 heteroatoms. The van der Waals surface area contributed by atoms with Gasteiger partial charge >= 0.3 is 0 Å². The monoisotopic (exact) mass is 299 g/mol. The normalized spacial score (nSPS) is 22.9. The van der Waals surface area contributed by atoms with E-state index in [1.54, 1.807) is 12.1 Å². The topological polar surface area (TPSA) is 18.5 Å². The van der Waals surface area contributed by atoms with E-state index in [0.717, 1.165) is 31.7 Å². The van der Waals surface area contributed by atoms with Gasteiger partial charge in [0.05, 0.1) is 6.04 Å². The number of rotatable bonds is 4. The van der Waals surface area contributed by atoms with Gasteiger partial charge in [-0.15, -0.1) is 0 Å². The maximum absolute atomic E-state index is 13.6. The van der Waals surface area contributed by atoms with Crippen LogP contribution in [0.15, 0.2) is 18.2 Å². The Balaban J connectivity index is 2.32. The van der Waals surface area contributed by atoms with Crippen LogP contribution >= 0.6 is 11.6 Å². The fourth-order valence-corrected chi connectivity index (χ4v) is 3.07. The van der Waals surface area contributed by atoms with E-state index < -0.39 is 0 Å². The molecule has 0 spiro atoms. The lowest BCUT2D eigenvalue weighted by molar-refractivity contribution is 0.0880. The van der Waals surface area contributed by atoms with E-state index in [1.807, 2.05) is 0 Å². The zero-order valence-electron chi connectivity index (χ0n) is 12.4. The number of nitrogens with one attached hydrogen (secondary N) is 1. The van der Waals surface area contributed by atoms with E-state index in [4.69, 9.17) is 11.6 Å². The molecule has 112 valence electrons. The number of halogens is 2. The van der Waals surface area contributed by atoms with E-state index in [1.165, 1.54) is 6.07 Å². The summed E-state index contributed by atoms with van der Waals surface area (Å²) in [6, 6.07) is 4.93. The number of hydrogen-bond acceptors (Lipinski definition) is 3. The highest BCUT2D eigenvalue weighted by molar-refractivity contribution is 6.31.